The number of fused-ring (bicyclic) bond motifs is 4. The Kier molecular flexibility index (Phi) is 4.42. The smallest absolute Gasteiger partial charge is 0.278 e. The molecule has 6 aromatic rings. The summed E-state index contributed by atoms with van der Waals surface area (Å²) in [4.78, 5) is 11.5. The van der Waals surface area contributed by atoms with Gasteiger partial charge in [-0.3, -0.25) is 10.1 Å². The number of para-hydroxylation sites is 1. The molecular formula is C28H17ClN2O2. The van der Waals surface area contributed by atoms with Crippen molar-refractivity contribution >= 4 is 49.9 Å². The monoisotopic (exact) mass is 448 g/mol. The summed E-state index contributed by atoms with van der Waals surface area (Å²) in [5.41, 5.74) is 4.45. The molecule has 0 spiro atoms. The topological polar surface area (TPSA) is 48.1 Å². The van der Waals surface area contributed by atoms with E-state index in [0.717, 1.165) is 38.4 Å². The predicted octanol–water partition coefficient (Wildman–Crippen LogP) is 8.17. The zero-order valence-electron chi connectivity index (χ0n) is 17.4. The van der Waals surface area contributed by atoms with E-state index in [-0.39, 0.29) is 10.6 Å². The van der Waals surface area contributed by atoms with E-state index in [1.54, 1.807) is 12.1 Å². The first-order valence-corrected chi connectivity index (χ1v) is 11.0. The van der Waals surface area contributed by atoms with Gasteiger partial charge in [0.25, 0.3) is 5.69 Å². The molecule has 0 atom stereocenters. The minimum atomic E-state index is -0.372. The Morgan fingerprint density at radius 2 is 1.45 bits per heavy atom. The Hall–Kier alpha value is -4.15. The SMILES string of the molecule is O=[N+]([O-])c1cc(Cl)ccc1-c1cccc2c1c1ccccc1n2-c1ccc2ccccc2c1. The lowest BCUT2D eigenvalue weighted by Crippen LogP contribution is -1.94. The minimum Gasteiger partial charge on any atom is -0.309 e. The zero-order valence-corrected chi connectivity index (χ0v) is 18.2. The van der Waals surface area contributed by atoms with Gasteiger partial charge in [0.1, 0.15) is 0 Å². The van der Waals surface area contributed by atoms with Crippen molar-refractivity contribution in [3.05, 3.63) is 118 Å². The molecule has 33 heavy (non-hydrogen) atoms. The third kappa shape index (κ3) is 3.07. The maximum absolute atomic E-state index is 11.8. The standard InChI is InChI=1S/C28H17ClN2O2/c29-20-13-15-22(27(17-20)31(32)33)23-9-5-11-26-28(23)24-8-3-4-10-25(24)30(26)21-14-12-18-6-1-2-7-19(18)16-21/h1-17H. The summed E-state index contributed by atoms with van der Waals surface area (Å²) >= 11 is 6.08. The Morgan fingerprint density at radius 3 is 2.30 bits per heavy atom. The van der Waals surface area contributed by atoms with E-state index in [2.05, 4.69) is 53.1 Å². The highest BCUT2D eigenvalue weighted by Gasteiger charge is 2.21. The van der Waals surface area contributed by atoms with Crippen LogP contribution in [0.5, 0.6) is 0 Å². The van der Waals surface area contributed by atoms with Gasteiger partial charge in [0.05, 0.1) is 21.5 Å². The zero-order chi connectivity index (χ0) is 22.5. The molecule has 0 aliphatic carbocycles. The number of nitro groups is 1. The van der Waals surface area contributed by atoms with Gasteiger partial charge in [-0.05, 0) is 52.7 Å². The molecule has 4 nitrogen and oxygen atoms in total. The van der Waals surface area contributed by atoms with Gasteiger partial charge in [0.15, 0.2) is 0 Å². The summed E-state index contributed by atoms with van der Waals surface area (Å²) in [6.45, 7) is 0. The van der Waals surface area contributed by atoms with Crippen molar-refractivity contribution in [3.63, 3.8) is 0 Å². The van der Waals surface area contributed by atoms with E-state index in [4.69, 9.17) is 11.6 Å². The summed E-state index contributed by atoms with van der Waals surface area (Å²) in [6, 6.07) is 33.7. The molecule has 0 fully saturated rings. The highest BCUT2D eigenvalue weighted by atomic mass is 35.5. The van der Waals surface area contributed by atoms with Crippen molar-refractivity contribution in [2.24, 2.45) is 0 Å². The van der Waals surface area contributed by atoms with Crippen molar-refractivity contribution in [1.29, 1.82) is 0 Å². The Balaban J connectivity index is 1.72. The molecule has 0 bridgehead atoms. The number of nitro benzene ring substituents is 1. The number of hydrogen-bond acceptors (Lipinski definition) is 2. The van der Waals surface area contributed by atoms with Crippen molar-refractivity contribution in [2.75, 3.05) is 0 Å². The quantitative estimate of drug-likeness (QED) is 0.202. The Labute approximate surface area is 194 Å². The molecule has 0 saturated carbocycles. The maximum Gasteiger partial charge on any atom is 0.278 e. The molecule has 0 aliphatic rings. The molecule has 5 heteroatoms. The Morgan fingerprint density at radius 1 is 0.697 bits per heavy atom. The van der Waals surface area contributed by atoms with Crippen LogP contribution in [0.4, 0.5) is 5.69 Å². The van der Waals surface area contributed by atoms with Gasteiger partial charge in [-0.25, -0.2) is 0 Å². The third-order valence-corrected chi connectivity index (χ3v) is 6.37. The van der Waals surface area contributed by atoms with E-state index >= 15 is 0 Å². The molecule has 0 unspecified atom stereocenters. The molecule has 0 saturated heterocycles. The average molecular weight is 449 g/mol. The fourth-order valence-corrected chi connectivity index (χ4v) is 4.89. The highest BCUT2D eigenvalue weighted by molar-refractivity contribution is 6.31. The second kappa shape index (κ2) is 7.47. The maximum atomic E-state index is 11.8. The van der Waals surface area contributed by atoms with Gasteiger partial charge in [0.2, 0.25) is 0 Å². The molecule has 5 aromatic carbocycles. The van der Waals surface area contributed by atoms with Crippen molar-refractivity contribution in [3.8, 4) is 16.8 Å². The fraction of sp³-hybridized carbons (Fsp3) is 0. The van der Waals surface area contributed by atoms with Crippen LogP contribution in [0.1, 0.15) is 0 Å². The van der Waals surface area contributed by atoms with Gasteiger partial charge in [-0.2, -0.15) is 0 Å². The number of aromatic nitrogens is 1. The lowest BCUT2D eigenvalue weighted by Gasteiger charge is -2.10. The Bertz CT molecular complexity index is 1720. The molecule has 158 valence electrons. The number of benzene rings is 5. The lowest BCUT2D eigenvalue weighted by atomic mass is 9.98. The molecule has 0 aliphatic heterocycles. The van der Waals surface area contributed by atoms with E-state index < -0.39 is 0 Å². The first kappa shape index (κ1) is 19.5. The van der Waals surface area contributed by atoms with Gasteiger partial charge in [0, 0.05) is 27.5 Å². The molecule has 0 N–H and O–H groups in total. The first-order chi connectivity index (χ1) is 16.1. The largest absolute Gasteiger partial charge is 0.309 e. The summed E-state index contributed by atoms with van der Waals surface area (Å²) in [5, 5.41) is 16.5. The van der Waals surface area contributed by atoms with E-state index in [1.807, 2.05) is 36.4 Å². The van der Waals surface area contributed by atoms with Crippen LogP contribution in [0.2, 0.25) is 5.02 Å². The van der Waals surface area contributed by atoms with E-state index in [0.29, 0.717) is 10.6 Å². The number of halogens is 1. The van der Waals surface area contributed by atoms with Gasteiger partial charge >= 0.3 is 0 Å². The summed E-state index contributed by atoms with van der Waals surface area (Å²) in [6.07, 6.45) is 0. The van der Waals surface area contributed by atoms with Crippen LogP contribution in [0, 0.1) is 10.1 Å². The van der Waals surface area contributed by atoms with Crippen LogP contribution in [-0.4, -0.2) is 9.49 Å². The molecule has 1 heterocycles. The molecule has 1 aromatic heterocycles. The van der Waals surface area contributed by atoms with Crippen LogP contribution in [0.25, 0.3) is 49.4 Å². The summed E-state index contributed by atoms with van der Waals surface area (Å²) < 4.78 is 2.22. The van der Waals surface area contributed by atoms with Gasteiger partial charge in [-0.15, -0.1) is 0 Å². The molecular weight excluding hydrogens is 432 g/mol. The van der Waals surface area contributed by atoms with E-state index in [1.165, 1.54) is 11.5 Å². The highest BCUT2D eigenvalue weighted by Crippen LogP contribution is 2.42. The number of nitrogens with zero attached hydrogens (tertiary/aromatic N) is 2. The minimum absolute atomic E-state index is 0.00228. The molecule has 6 rings (SSSR count). The summed E-state index contributed by atoms with van der Waals surface area (Å²) in [5.74, 6) is 0. The number of rotatable bonds is 3. The van der Waals surface area contributed by atoms with Crippen LogP contribution in [0.3, 0.4) is 0 Å². The average Bonchev–Trinajstić information content (AvgIpc) is 3.18. The lowest BCUT2D eigenvalue weighted by molar-refractivity contribution is -0.384. The summed E-state index contributed by atoms with van der Waals surface area (Å²) in [7, 11) is 0. The van der Waals surface area contributed by atoms with Crippen molar-refractivity contribution in [1.82, 2.24) is 4.57 Å². The third-order valence-electron chi connectivity index (χ3n) is 6.14. The normalized spacial score (nSPS) is 11.4. The van der Waals surface area contributed by atoms with Crippen LogP contribution >= 0.6 is 11.6 Å². The second-order valence-corrected chi connectivity index (χ2v) is 8.44. The molecule has 0 amide bonds. The second-order valence-electron chi connectivity index (χ2n) is 8.00. The van der Waals surface area contributed by atoms with Gasteiger partial charge in [-0.1, -0.05) is 72.3 Å². The van der Waals surface area contributed by atoms with E-state index in [9.17, 15) is 10.1 Å². The number of hydrogen-bond donors (Lipinski definition) is 0. The van der Waals surface area contributed by atoms with Crippen LogP contribution < -0.4 is 0 Å². The first-order valence-electron chi connectivity index (χ1n) is 10.6. The van der Waals surface area contributed by atoms with Crippen molar-refractivity contribution in [2.45, 2.75) is 0 Å². The van der Waals surface area contributed by atoms with Crippen LogP contribution in [0.15, 0.2) is 103 Å². The van der Waals surface area contributed by atoms with Gasteiger partial charge < -0.3 is 4.57 Å². The van der Waals surface area contributed by atoms with Crippen molar-refractivity contribution < 1.29 is 4.92 Å². The predicted molar refractivity (Wildman–Crippen MR) is 135 cm³/mol. The molecule has 0 radical (unpaired) electrons. The van der Waals surface area contributed by atoms with Crippen LogP contribution in [-0.2, 0) is 0 Å². The fourth-order valence-electron chi connectivity index (χ4n) is 4.72.